The number of likely N-dealkylation sites (tertiary alicyclic amines) is 1. The molecule has 1 N–H and O–H groups in total. The highest BCUT2D eigenvalue weighted by Crippen LogP contribution is 2.39. The van der Waals surface area contributed by atoms with Crippen LogP contribution >= 0.6 is 11.8 Å². The number of benzene rings is 2. The van der Waals surface area contributed by atoms with E-state index in [0.29, 0.717) is 29.8 Å². The number of rotatable bonds is 7. The predicted molar refractivity (Wildman–Crippen MR) is 124 cm³/mol. The second-order valence-corrected chi connectivity index (χ2v) is 9.23. The maximum absolute atomic E-state index is 12.9. The van der Waals surface area contributed by atoms with E-state index in [1.807, 2.05) is 24.3 Å². The number of nitrogens with zero attached hydrogens (tertiary/aromatic N) is 2. The summed E-state index contributed by atoms with van der Waals surface area (Å²) in [6.07, 6.45) is 1.13. The quantitative estimate of drug-likeness (QED) is 0.350. The summed E-state index contributed by atoms with van der Waals surface area (Å²) in [5.74, 6) is -1.65. The smallest absolute Gasteiger partial charge is 0.308 e. The van der Waals surface area contributed by atoms with Gasteiger partial charge in [0.15, 0.2) is 0 Å². The molecule has 0 aliphatic carbocycles. The Bertz CT molecular complexity index is 1070. The van der Waals surface area contributed by atoms with Gasteiger partial charge in [0, 0.05) is 29.6 Å². The van der Waals surface area contributed by atoms with E-state index in [9.17, 15) is 24.8 Å². The molecule has 0 saturated carbocycles. The molecule has 1 fully saturated rings. The van der Waals surface area contributed by atoms with E-state index in [1.165, 1.54) is 22.7 Å². The number of nitro benzene ring substituents is 1. The lowest BCUT2D eigenvalue weighted by Crippen LogP contribution is -2.42. The third-order valence-electron chi connectivity index (χ3n) is 5.58. The minimum absolute atomic E-state index is 0.0953. The highest BCUT2D eigenvalue weighted by Gasteiger charge is 2.30. The largest absolute Gasteiger partial charge is 0.481 e. The standard InChI is InChI=1S/C24H26N2O5S/c1-15(2)19-8-4-5-9-21(19)32-22-11-10-17(13-20(22)26(30)31)16(3)23(27)25-12-6-7-18(14-25)24(28)29/h4-5,8-11,13,15,18H,3,6-7,12,14H2,1-2H3,(H,28,29). The average Bonchev–Trinajstić information content (AvgIpc) is 2.78. The Labute approximate surface area is 191 Å². The van der Waals surface area contributed by atoms with Gasteiger partial charge in [-0.3, -0.25) is 19.7 Å². The number of hydrogen-bond acceptors (Lipinski definition) is 5. The number of hydrogen-bond donors (Lipinski definition) is 1. The van der Waals surface area contributed by atoms with Crippen molar-refractivity contribution in [3.8, 4) is 0 Å². The summed E-state index contributed by atoms with van der Waals surface area (Å²) >= 11 is 1.33. The highest BCUT2D eigenvalue weighted by molar-refractivity contribution is 7.99. The molecule has 2 aromatic carbocycles. The number of carboxylic acid groups (broad SMARTS) is 1. The van der Waals surface area contributed by atoms with Crippen LogP contribution in [0.1, 0.15) is 43.7 Å². The van der Waals surface area contributed by atoms with Crippen LogP contribution in [0.5, 0.6) is 0 Å². The molecule has 32 heavy (non-hydrogen) atoms. The lowest BCUT2D eigenvalue weighted by Gasteiger charge is -2.31. The minimum Gasteiger partial charge on any atom is -0.481 e. The van der Waals surface area contributed by atoms with Crippen LogP contribution in [0.2, 0.25) is 0 Å². The van der Waals surface area contributed by atoms with Gasteiger partial charge in [-0.2, -0.15) is 0 Å². The normalized spacial score (nSPS) is 16.1. The van der Waals surface area contributed by atoms with Gasteiger partial charge in [-0.25, -0.2) is 0 Å². The lowest BCUT2D eigenvalue weighted by molar-refractivity contribution is -0.387. The van der Waals surface area contributed by atoms with Gasteiger partial charge in [-0.05, 0) is 42.0 Å². The Kier molecular flexibility index (Phi) is 7.35. The zero-order chi connectivity index (χ0) is 23.4. The summed E-state index contributed by atoms with van der Waals surface area (Å²) in [6, 6.07) is 12.5. The molecule has 8 heteroatoms. The van der Waals surface area contributed by atoms with Crippen molar-refractivity contribution in [2.45, 2.75) is 42.4 Å². The van der Waals surface area contributed by atoms with Gasteiger partial charge in [0.25, 0.3) is 11.6 Å². The average molecular weight is 455 g/mol. The fraction of sp³-hybridized carbons (Fsp3) is 0.333. The SMILES string of the molecule is C=C(C(=O)N1CCCC(C(=O)O)C1)c1ccc(Sc2ccccc2C(C)C)c([N+](=O)[O-])c1. The van der Waals surface area contributed by atoms with Gasteiger partial charge in [-0.15, -0.1) is 0 Å². The first-order chi connectivity index (χ1) is 15.2. The fourth-order valence-corrected chi connectivity index (χ4v) is 4.96. The van der Waals surface area contributed by atoms with Crippen LogP contribution in [-0.2, 0) is 9.59 Å². The topological polar surface area (TPSA) is 101 Å². The molecule has 1 saturated heterocycles. The Balaban J connectivity index is 1.86. The summed E-state index contributed by atoms with van der Waals surface area (Å²) in [4.78, 5) is 38.4. The highest BCUT2D eigenvalue weighted by atomic mass is 32.2. The predicted octanol–water partition coefficient (Wildman–Crippen LogP) is 5.21. The zero-order valence-corrected chi connectivity index (χ0v) is 18.9. The van der Waals surface area contributed by atoms with Crippen LogP contribution < -0.4 is 0 Å². The number of piperidine rings is 1. The third-order valence-corrected chi connectivity index (χ3v) is 6.74. The zero-order valence-electron chi connectivity index (χ0n) is 18.1. The molecule has 1 heterocycles. The van der Waals surface area contributed by atoms with Crippen LogP contribution in [0, 0.1) is 16.0 Å². The Morgan fingerprint density at radius 2 is 1.94 bits per heavy atom. The second kappa shape index (κ2) is 9.99. The van der Waals surface area contributed by atoms with Crippen molar-refractivity contribution in [1.82, 2.24) is 4.90 Å². The molecule has 0 spiro atoms. The second-order valence-electron chi connectivity index (χ2n) is 8.14. The summed E-state index contributed by atoms with van der Waals surface area (Å²) in [7, 11) is 0. The summed E-state index contributed by atoms with van der Waals surface area (Å²) in [6.45, 7) is 8.56. The van der Waals surface area contributed by atoms with Crippen LogP contribution in [0.15, 0.2) is 58.8 Å². The molecule has 168 valence electrons. The number of carbonyl (C=O) groups is 2. The van der Waals surface area contributed by atoms with E-state index >= 15 is 0 Å². The number of carbonyl (C=O) groups excluding carboxylic acids is 1. The lowest BCUT2D eigenvalue weighted by atomic mass is 9.97. The number of carboxylic acids is 1. The van der Waals surface area contributed by atoms with E-state index < -0.39 is 22.7 Å². The molecular weight excluding hydrogens is 428 g/mol. The van der Waals surface area contributed by atoms with Crippen LogP contribution in [-0.4, -0.2) is 39.9 Å². The molecule has 3 rings (SSSR count). The first-order valence-corrected chi connectivity index (χ1v) is 11.3. The molecule has 7 nitrogen and oxygen atoms in total. The van der Waals surface area contributed by atoms with Gasteiger partial charge in [0.2, 0.25) is 0 Å². The van der Waals surface area contributed by atoms with Crippen LogP contribution in [0.25, 0.3) is 5.57 Å². The monoisotopic (exact) mass is 454 g/mol. The van der Waals surface area contributed by atoms with Gasteiger partial charge in [-0.1, -0.05) is 56.5 Å². The van der Waals surface area contributed by atoms with Crippen molar-refractivity contribution in [3.05, 3.63) is 70.3 Å². The van der Waals surface area contributed by atoms with E-state index in [4.69, 9.17) is 0 Å². The number of aliphatic carboxylic acids is 1. The van der Waals surface area contributed by atoms with Crippen molar-refractivity contribution in [1.29, 1.82) is 0 Å². The molecule has 1 atom stereocenters. The van der Waals surface area contributed by atoms with Crippen LogP contribution in [0.3, 0.4) is 0 Å². The molecule has 0 aromatic heterocycles. The van der Waals surface area contributed by atoms with E-state index in [2.05, 4.69) is 20.4 Å². The molecule has 1 amide bonds. The molecular formula is C24H26N2O5S. The number of amides is 1. The maximum Gasteiger partial charge on any atom is 0.308 e. The van der Waals surface area contributed by atoms with Crippen molar-refractivity contribution in [2.75, 3.05) is 13.1 Å². The fourth-order valence-electron chi connectivity index (χ4n) is 3.78. The summed E-state index contributed by atoms with van der Waals surface area (Å²) in [5.41, 5.74) is 1.49. The molecule has 1 aliphatic heterocycles. The minimum atomic E-state index is -0.924. The molecule has 2 aromatic rings. The summed E-state index contributed by atoms with van der Waals surface area (Å²) < 4.78 is 0. The van der Waals surface area contributed by atoms with Gasteiger partial charge < -0.3 is 10.0 Å². The molecule has 1 aliphatic rings. The summed E-state index contributed by atoms with van der Waals surface area (Å²) in [5, 5.41) is 21.1. The Morgan fingerprint density at radius 1 is 1.22 bits per heavy atom. The van der Waals surface area contributed by atoms with E-state index in [0.717, 1.165) is 10.5 Å². The maximum atomic E-state index is 12.9. The third kappa shape index (κ3) is 5.19. The Hall–Kier alpha value is -3.13. The van der Waals surface area contributed by atoms with E-state index in [1.54, 1.807) is 12.1 Å². The van der Waals surface area contributed by atoms with Crippen molar-refractivity contribution < 1.29 is 19.6 Å². The Morgan fingerprint density at radius 3 is 2.59 bits per heavy atom. The van der Waals surface area contributed by atoms with E-state index in [-0.39, 0.29) is 23.7 Å². The molecule has 0 bridgehead atoms. The first kappa shape index (κ1) is 23.5. The molecule has 1 unspecified atom stereocenters. The van der Waals surface area contributed by atoms with Gasteiger partial charge >= 0.3 is 5.97 Å². The van der Waals surface area contributed by atoms with Gasteiger partial charge in [0.05, 0.1) is 15.7 Å². The van der Waals surface area contributed by atoms with Crippen molar-refractivity contribution >= 4 is 34.9 Å². The van der Waals surface area contributed by atoms with Gasteiger partial charge in [0.1, 0.15) is 0 Å². The van der Waals surface area contributed by atoms with Crippen molar-refractivity contribution in [2.24, 2.45) is 5.92 Å². The first-order valence-electron chi connectivity index (χ1n) is 10.5. The van der Waals surface area contributed by atoms with Crippen molar-refractivity contribution in [3.63, 3.8) is 0 Å². The molecule has 0 radical (unpaired) electrons. The number of nitro groups is 1. The van der Waals surface area contributed by atoms with Crippen LogP contribution in [0.4, 0.5) is 5.69 Å².